The quantitative estimate of drug-likeness (QED) is 0.353. The molecule has 2 unspecified atom stereocenters. The van der Waals surface area contributed by atoms with Crippen LogP contribution in [0.25, 0.3) is 28.1 Å². The summed E-state index contributed by atoms with van der Waals surface area (Å²) in [5, 5.41) is 16.0. The van der Waals surface area contributed by atoms with E-state index in [1.807, 2.05) is 36.1 Å². The van der Waals surface area contributed by atoms with Gasteiger partial charge < -0.3 is 15.8 Å². The Morgan fingerprint density at radius 3 is 2.88 bits per heavy atom. The molecule has 0 saturated heterocycles. The number of nitrogens with one attached hydrogen (secondary N) is 1. The number of nitrogens with zero attached hydrogens (tertiary/aromatic N) is 8. The van der Waals surface area contributed by atoms with E-state index in [1.165, 1.54) is 0 Å². The van der Waals surface area contributed by atoms with Gasteiger partial charge in [0, 0.05) is 42.1 Å². The third-order valence-electron chi connectivity index (χ3n) is 5.96. The Hall–Kier alpha value is -3.93. The average Bonchev–Trinajstić information content (AvgIpc) is 3.59. The average molecular weight is 463 g/mol. The molecule has 3 N–H and O–H groups in total. The maximum atomic E-state index is 11.4. The van der Waals surface area contributed by atoms with Gasteiger partial charge in [0.25, 0.3) is 0 Å². The van der Waals surface area contributed by atoms with Crippen LogP contribution in [0.5, 0.6) is 0 Å². The molecule has 4 aromatic rings. The molecule has 1 aliphatic carbocycles. The molecule has 2 atom stereocenters. The smallest absolute Gasteiger partial charge is 0.225 e. The number of amides is 1. The van der Waals surface area contributed by atoms with Crippen molar-refractivity contribution in [3.05, 3.63) is 36.9 Å². The topological polar surface area (TPSA) is 152 Å². The first-order valence-corrected chi connectivity index (χ1v) is 11.3. The normalized spacial score (nSPS) is 17.9. The van der Waals surface area contributed by atoms with Gasteiger partial charge in [-0.15, -0.1) is 5.10 Å². The highest BCUT2D eigenvalue weighted by Crippen LogP contribution is 2.27. The van der Waals surface area contributed by atoms with Crippen molar-refractivity contribution in [2.45, 2.75) is 38.8 Å². The molecule has 0 aliphatic heterocycles. The molecular formula is C22H26N10O2. The van der Waals surface area contributed by atoms with Crippen LogP contribution in [0.1, 0.15) is 26.2 Å². The Morgan fingerprint density at radius 1 is 1.21 bits per heavy atom. The maximum absolute atomic E-state index is 11.4. The molecule has 4 aromatic heterocycles. The molecule has 1 saturated carbocycles. The lowest BCUT2D eigenvalue weighted by atomic mass is 10.1. The van der Waals surface area contributed by atoms with Gasteiger partial charge in [0.2, 0.25) is 11.9 Å². The standard InChI is InChI=1S/C22H26N10O2/c1-2-34-8-7-31-13-16(11-26-31)15-4-6-19(24-10-15)32-21-18(29-30-32)12-25-22(28-21)27-17-5-3-14(9-17)20(23)33/h4,6,10-14,17H,2-3,5,7-9H2,1H3,(H2,23,33)(H,25,27,28). The van der Waals surface area contributed by atoms with Gasteiger partial charge in [-0.3, -0.25) is 9.48 Å². The third kappa shape index (κ3) is 4.57. The Balaban J connectivity index is 1.32. The number of nitrogens with two attached hydrogens (primary N) is 1. The van der Waals surface area contributed by atoms with Gasteiger partial charge in [-0.1, -0.05) is 5.21 Å². The van der Waals surface area contributed by atoms with Crippen LogP contribution >= 0.6 is 0 Å². The summed E-state index contributed by atoms with van der Waals surface area (Å²) in [5.74, 6) is 0.694. The van der Waals surface area contributed by atoms with Crippen molar-refractivity contribution in [1.29, 1.82) is 0 Å². The van der Waals surface area contributed by atoms with E-state index in [2.05, 4.69) is 35.7 Å². The fourth-order valence-corrected chi connectivity index (χ4v) is 4.13. The van der Waals surface area contributed by atoms with Crippen LogP contribution in [0.3, 0.4) is 0 Å². The summed E-state index contributed by atoms with van der Waals surface area (Å²) in [5.41, 5.74) is 8.46. The fraction of sp³-hybridized carbons (Fsp3) is 0.409. The Bertz CT molecular complexity index is 1280. The number of fused-ring (bicyclic) bond motifs is 1. The first kappa shape index (κ1) is 21.9. The molecule has 0 radical (unpaired) electrons. The first-order chi connectivity index (χ1) is 16.6. The molecule has 4 heterocycles. The van der Waals surface area contributed by atoms with E-state index in [1.54, 1.807) is 17.1 Å². The minimum Gasteiger partial charge on any atom is -0.380 e. The summed E-state index contributed by atoms with van der Waals surface area (Å²) in [7, 11) is 0. The summed E-state index contributed by atoms with van der Waals surface area (Å²) in [6, 6.07) is 3.93. The third-order valence-corrected chi connectivity index (χ3v) is 5.96. The van der Waals surface area contributed by atoms with Gasteiger partial charge in [0.15, 0.2) is 17.0 Å². The highest BCUT2D eigenvalue weighted by molar-refractivity contribution is 5.77. The number of rotatable bonds is 9. The van der Waals surface area contributed by atoms with E-state index < -0.39 is 0 Å². The van der Waals surface area contributed by atoms with E-state index >= 15 is 0 Å². The molecule has 1 fully saturated rings. The zero-order chi connectivity index (χ0) is 23.5. The number of primary amides is 1. The molecule has 1 aliphatic rings. The van der Waals surface area contributed by atoms with E-state index in [9.17, 15) is 4.79 Å². The predicted molar refractivity (Wildman–Crippen MR) is 124 cm³/mol. The van der Waals surface area contributed by atoms with Crippen LogP contribution < -0.4 is 11.1 Å². The zero-order valence-corrected chi connectivity index (χ0v) is 18.8. The van der Waals surface area contributed by atoms with Gasteiger partial charge >= 0.3 is 0 Å². The fourth-order valence-electron chi connectivity index (χ4n) is 4.13. The van der Waals surface area contributed by atoms with Crippen LogP contribution in [0.4, 0.5) is 5.95 Å². The van der Waals surface area contributed by atoms with Crippen LogP contribution in [-0.2, 0) is 16.1 Å². The van der Waals surface area contributed by atoms with E-state index in [0.29, 0.717) is 49.1 Å². The van der Waals surface area contributed by atoms with Gasteiger partial charge in [0.1, 0.15) is 0 Å². The number of carbonyl (C=O) groups excluding carboxylic acids is 1. The predicted octanol–water partition coefficient (Wildman–Crippen LogP) is 1.57. The monoisotopic (exact) mass is 462 g/mol. The Labute approximate surface area is 195 Å². The number of pyridine rings is 1. The molecule has 176 valence electrons. The second kappa shape index (κ2) is 9.51. The van der Waals surface area contributed by atoms with E-state index in [-0.39, 0.29) is 17.9 Å². The summed E-state index contributed by atoms with van der Waals surface area (Å²) < 4.78 is 8.82. The maximum Gasteiger partial charge on any atom is 0.225 e. The van der Waals surface area contributed by atoms with Crippen molar-refractivity contribution < 1.29 is 9.53 Å². The van der Waals surface area contributed by atoms with Gasteiger partial charge in [-0.25, -0.2) is 9.97 Å². The van der Waals surface area contributed by atoms with Gasteiger partial charge in [0.05, 0.1) is 25.5 Å². The molecule has 12 heteroatoms. The first-order valence-electron chi connectivity index (χ1n) is 11.3. The van der Waals surface area contributed by atoms with Crippen molar-refractivity contribution in [2.24, 2.45) is 11.7 Å². The second-order valence-corrected chi connectivity index (χ2v) is 8.25. The number of anilines is 1. The molecule has 34 heavy (non-hydrogen) atoms. The van der Waals surface area contributed by atoms with Gasteiger partial charge in [-0.2, -0.15) is 14.8 Å². The lowest BCUT2D eigenvalue weighted by Gasteiger charge is -2.12. The van der Waals surface area contributed by atoms with Crippen molar-refractivity contribution in [3.8, 4) is 16.9 Å². The zero-order valence-electron chi connectivity index (χ0n) is 18.8. The highest BCUT2D eigenvalue weighted by Gasteiger charge is 2.29. The molecule has 12 nitrogen and oxygen atoms in total. The highest BCUT2D eigenvalue weighted by atomic mass is 16.5. The van der Waals surface area contributed by atoms with E-state index in [4.69, 9.17) is 10.5 Å². The number of hydrogen-bond acceptors (Lipinski definition) is 9. The number of hydrogen-bond donors (Lipinski definition) is 2. The number of ether oxygens (including phenoxy) is 1. The molecular weight excluding hydrogens is 436 g/mol. The minimum absolute atomic E-state index is 0.103. The van der Waals surface area contributed by atoms with Crippen LogP contribution in [-0.4, -0.2) is 64.9 Å². The minimum atomic E-state index is -0.254. The van der Waals surface area contributed by atoms with Crippen LogP contribution in [0.2, 0.25) is 0 Å². The van der Waals surface area contributed by atoms with Gasteiger partial charge in [-0.05, 0) is 38.3 Å². The summed E-state index contributed by atoms with van der Waals surface area (Å²) in [6.07, 6.45) is 9.48. The molecule has 5 rings (SSSR count). The molecule has 0 aromatic carbocycles. The molecule has 0 spiro atoms. The summed E-state index contributed by atoms with van der Waals surface area (Å²) in [4.78, 5) is 24.9. The molecule has 0 bridgehead atoms. The summed E-state index contributed by atoms with van der Waals surface area (Å²) in [6.45, 7) is 3.98. The SMILES string of the molecule is CCOCCn1cc(-c2ccc(-n3nnc4cnc(NC5CCC(C(N)=O)C5)nc43)nc2)cn1. The van der Waals surface area contributed by atoms with Crippen LogP contribution in [0.15, 0.2) is 36.9 Å². The largest absolute Gasteiger partial charge is 0.380 e. The van der Waals surface area contributed by atoms with Crippen molar-refractivity contribution in [3.63, 3.8) is 0 Å². The van der Waals surface area contributed by atoms with Crippen molar-refractivity contribution in [2.75, 3.05) is 18.5 Å². The van der Waals surface area contributed by atoms with E-state index in [0.717, 1.165) is 24.0 Å². The summed E-state index contributed by atoms with van der Waals surface area (Å²) >= 11 is 0. The second-order valence-electron chi connectivity index (χ2n) is 8.25. The number of carbonyl (C=O) groups is 1. The number of aromatic nitrogens is 8. The van der Waals surface area contributed by atoms with Crippen molar-refractivity contribution >= 4 is 23.0 Å². The molecule has 1 amide bonds. The van der Waals surface area contributed by atoms with Crippen LogP contribution in [0, 0.1) is 5.92 Å². The Kier molecular flexibility index (Phi) is 6.12. The Morgan fingerprint density at radius 2 is 2.12 bits per heavy atom. The lowest BCUT2D eigenvalue weighted by molar-refractivity contribution is -0.121. The van der Waals surface area contributed by atoms with Crippen molar-refractivity contribution in [1.82, 2.24) is 39.7 Å². The lowest BCUT2D eigenvalue weighted by Crippen LogP contribution is -2.23.